The van der Waals surface area contributed by atoms with E-state index in [1.165, 1.54) is 0 Å². The summed E-state index contributed by atoms with van der Waals surface area (Å²) in [6, 6.07) is 26.8. The van der Waals surface area contributed by atoms with Crippen LogP contribution in [0.3, 0.4) is 0 Å². The Balaban J connectivity index is 1.35. The van der Waals surface area contributed by atoms with Crippen molar-refractivity contribution in [2.45, 2.75) is 25.9 Å². The van der Waals surface area contributed by atoms with Crippen LogP contribution in [0.15, 0.2) is 84.9 Å². The van der Waals surface area contributed by atoms with E-state index in [1.54, 1.807) is 24.3 Å². The van der Waals surface area contributed by atoms with Crippen molar-refractivity contribution in [1.29, 1.82) is 0 Å². The number of rotatable bonds is 9. The smallest absolute Gasteiger partial charge is 0.269 e. The molecule has 8 nitrogen and oxygen atoms in total. The number of aliphatic hydroxyl groups excluding tert-OH is 1. The van der Waals surface area contributed by atoms with Crippen molar-refractivity contribution >= 4 is 11.5 Å². The van der Waals surface area contributed by atoms with Gasteiger partial charge in [0.25, 0.3) is 5.69 Å². The Morgan fingerprint density at radius 3 is 2.15 bits per heavy atom. The monoisotopic (exact) mass is 523 g/mol. The standard InChI is InChI=1S/C31H33N5O3/c1-23-29(21-25-12-14-27(15-13-25)36(38)39)31(33-30(32-23)26-10-6-3-7-11-26)35-18-16-34(17-19-35)22-28(37)20-24-8-4-2-5-9-24/h2-15,28,37H,16-22H2,1H3/t28-/m0/s1. The molecule has 1 aromatic heterocycles. The number of non-ortho nitro benzene ring substituents is 1. The summed E-state index contributed by atoms with van der Waals surface area (Å²) in [6.45, 7) is 5.87. The average Bonchev–Trinajstić information content (AvgIpc) is 2.95. The van der Waals surface area contributed by atoms with Gasteiger partial charge in [0.1, 0.15) is 5.82 Å². The number of nitro groups is 1. The Hall–Kier alpha value is -4.14. The first-order valence-corrected chi connectivity index (χ1v) is 13.3. The van der Waals surface area contributed by atoms with Gasteiger partial charge in [-0.15, -0.1) is 0 Å². The van der Waals surface area contributed by atoms with E-state index in [4.69, 9.17) is 9.97 Å². The zero-order valence-corrected chi connectivity index (χ0v) is 22.1. The molecule has 200 valence electrons. The normalized spacial score (nSPS) is 14.8. The Morgan fingerprint density at radius 1 is 0.872 bits per heavy atom. The van der Waals surface area contributed by atoms with Gasteiger partial charge in [-0.2, -0.15) is 0 Å². The summed E-state index contributed by atoms with van der Waals surface area (Å²) in [6.07, 6.45) is 0.818. The topological polar surface area (TPSA) is 95.6 Å². The second kappa shape index (κ2) is 12.1. The number of hydrogen-bond acceptors (Lipinski definition) is 7. The van der Waals surface area contributed by atoms with E-state index in [9.17, 15) is 15.2 Å². The SMILES string of the molecule is Cc1nc(-c2ccccc2)nc(N2CCN(C[C@@H](O)Cc3ccccc3)CC2)c1Cc1ccc([N+](=O)[O-])cc1. The molecule has 4 aromatic rings. The zero-order valence-electron chi connectivity index (χ0n) is 22.1. The van der Waals surface area contributed by atoms with E-state index in [-0.39, 0.29) is 10.6 Å². The lowest BCUT2D eigenvalue weighted by Gasteiger charge is -2.37. The van der Waals surface area contributed by atoms with Crippen molar-refractivity contribution in [3.63, 3.8) is 0 Å². The fourth-order valence-corrected chi connectivity index (χ4v) is 5.10. The first-order valence-electron chi connectivity index (χ1n) is 13.3. The van der Waals surface area contributed by atoms with Crippen LogP contribution < -0.4 is 4.90 Å². The molecule has 0 radical (unpaired) electrons. The van der Waals surface area contributed by atoms with E-state index in [0.717, 1.165) is 59.9 Å². The van der Waals surface area contributed by atoms with Crippen molar-refractivity contribution in [2.24, 2.45) is 0 Å². The number of aliphatic hydroxyl groups is 1. The molecular formula is C31H33N5O3. The third-order valence-electron chi connectivity index (χ3n) is 7.21. The Morgan fingerprint density at radius 2 is 1.51 bits per heavy atom. The molecule has 5 rings (SSSR count). The molecule has 39 heavy (non-hydrogen) atoms. The van der Waals surface area contributed by atoms with Gasteiger partial charge < -0.3 is 10.0 Å². The molecule has 0 saturated carbocycles. The van der Waals surface area contributed by atoms with E-state index in [2.05, 4.69) is 21.9 Å². The van der Waals surface area contributed by atoms with E-state index >= 15 is 0 Å². The molecule has 0 unspecified atom stereocenters. The lowest BCUT2D eigenvalue weighted by atomic mass is 10.0. The average molecular weight is 524 g/mol. The number of nitro benzene ring substituents is 1. The molecule has 1 saturated heterocycles. The largest absolute Gasteiger partial charge is 0.391 e. The number of nitrogens with zero attached hydrogens (tertiary/aromatic N) is 5. The highest BCUT2D eigenvalue weighted by atomic mass is 16.6. The first kappa shape index (κ1) is 26.5. The summed E-state index contributed by atoms with van der Waals surface area (Å²) in [7, 11) is 0. The maximum Gasteiger partial charge on any atom is 0.269 e. The van der Waals surface area contributed by atoms with Crippen molar-refractivity contribution in [1.82, 2.24) is 14.9 Å². The number of aryl methyl sites for hydroxylation is 1. The number of benzene rings is 3. The highest BCUT2D eigenvalue weighted by molar-refractivity contribution is 5.61. The van der Waals surface area contributed by atoms with Crippen LogP contribution in [0.2, 0.25) is 0 Å². The molecule has 0 aliphatic carbocycles. The minimum absolute atomic E-state index is 0.0805. The molecule has 1 atom stereocenters. The van der Waals surface area contributed by atoms with Gasteiger partial charge in [-0.25, -0.2) is 9.97 Å². The molecule has 1 N–H and O–H groups in total. The van der Waals surface area contributed by atoms with Crippen LogP contribution >= 0.6 is 0 Å². The molecule has 1 aliphatic heterocycles. The summed E-state index contributed by atoms with van der Waals surface area (Å²) in [5.41, 5.74) is 5.09. The molecule has 0 spiro atoms. The van der Waals surface area contributed by atoms with Gasteiger partial charge in [0.05, 0.1) is 11.0 Å². The van der Waals surface area contributed by atoms with Gasteiger partial charge in [-0.3, -0.25) is 15.0 Å². The van der Waals surface area contributed by atoms with Gasteiger partial charge in [-0.1, -0.05) is 72.8 Å². The summed E-state index contributed by atoms with van der Waals surface area (Å²) in [5.74, 6) is 1.60. The van der Waals surface area contributed by atoms with Crippen LogP contribution in [-0.4, -0.2) is 63.7 Å². The quantitative estimate of drug-likeness (QED) is 0.251. The predicted molar refractivity (Wildman–Crippen MR) is 153 cm³/mol. The maximum atomic E-state index is 11.1. The van der Waals surface area contributed by atoms with Crippen LogP contribution in [0.5, 0.6) is 0 Å². The first-order chi connectivity index (χ1) is 19.0. The lowest BCUT2D eigenvalue weighted by Crippen LogP contribution is -2.49. The van der Waals surface area contributed by atoms with Gasteiger partial charge in [0.15, 0.2) is 5.82 Å². The number of β-amino-alcohol motifs (C(OH)–C–C–N with tert-alkyl or cyclic N) is 1. The zero-order chi connectivity index (χ0) is 27.2. The molecule has 1 fully saturated rings. The number of hydrogen-bond donors (Lipinski definition) is 1. The van der Waals surface area contributed by atoms with Gasteiger partial charge in [-0.05, 0) is 24.5 Å². The number of anilines is 1. The van der Waals surface area contributed by atoms with E-state index in [0.29, 0.717) is 25.2 Å². The second-order valence-corrected chi connectivity index (χ2v) is 10.0. The number of aromatic nitrogens is 2. The van der Waals surface area contributed by atoms with Crippen molar-refractivity contribution in [3.8, 4) is 11.4 Å². The van der Waals surface area contributed by atoms with Crippen LogP contribution in [0.1, 0.15) is 22.4 Å². The van der Waals surface area contributed by atoms with E-state index < -0.39 is 6.10 Å². The summed E-state index contributed by atoms with van der Waals surface area (Å²) >= 11 is 0. The van der Waals surface area contributed by atoms with E-state index in [1.807, 2.05) is 55.5 Å². The highest BCUT2D eigenvalue weighted by Crippen LogP contribution is 2.29. The van der Waals surface area contributed by atoms with Crippen LogP contribution in [0, 0.1) is 17.0 Å². The fraction of sp³-hybridized carbons (Fsp3) is 0.290. The Bertz CT molecular complexity index is 1390. The minimum Gasteiger partial charge on any atom is -0.391 e. The molecule has 0 bridgehead atoms. The van der Waals surface area contributed by atoms with Crippen LogP contribution in [0.25, 0.3) is 11.4 Å². The molecule has 0 amide bonds. The van der Waals surface area contributed by atoms with Crippen LogP contribution in [0.4, 0.5) is 11.5 Å². The summed E-state index contributed by atoms with van der Waals surface area (Å²) in [5, 5.41) is 21.8. The van der Waals surface area contributed by atoms with Crippen molar-refractivity contribution < 1.29 is 10.0 Å². The third kappa shape index (κ3) is 6.66. The maximum absolute atomic E-state index is 11.1. The fourth-order valence-electron chi connectivity index (χ4n) is 5.10. The second-order valence-electron chi connectivity index (χ2n) is 10.0. The Kier molecular flexibility index (Phi) is 8.24. The predicted octanol–water partition coefficient (Wildman–Crippen LogP) is 4.68. The summed E-state index contributed by atoms with van der Waals surface area (Å²) in [4.78, 5) is 25.2. The third-order valence-corrected chi connectivity index (χ3v) is 7.21. The highest BCUT2D eigenvalue weighted by Gasteiger charge is 2.24. The van der Waals surface area contributed by atoms with Gasteiger partial charge >= 0.3 is 0 Å². The van der Waals surface area contributed by atoms with Crippen molar-refractivity contribution in [2.75, 3.05) is 37.6 Å². The van der Waals surface area contributed by atoms with Crippen LogP contribution in [-0.2, 0) is 12.8 Å². The van der Waals surface area contributed by atoms with Gasteiger partial charge in [0.2, 0.25) is 0 Å². The number of piperazine rings is 1. The lowest BCUT2D eigenvalue weighted by molar-refractivity contribution is -0.384. The Labute approximate surface area is 228 Å². The molecule has 1 aliphatic rings. The van der Waals surface area contributed by atoms with Gasteiger partial charge in [0, 0.05) is 68.1 Å². The molecule has 3 aromatic carbocycles. The summed E-state index contributed by atoms with van der Waals surface area (Å²) < 4.78 is 0. The molecule has 2 heterocycles. The minimum atomic E-state index is -0.414. The molecular weight excluding hydrogens is 490 g/mol. The molecule has 8 heteroatoms. The van der Waals surface area contributed by atoms with Crippen molar-refractivity contribution in [3.05, 3.63) is 117 Å².